The third-order valence-electron chi connectivity index (χ3n) is 3.56. The van der Waals surface area contributed by atoms with E-state index in [1.807, 2.05) is 0 Å². The Balaban J connectivity index is 2.04. The van der Waals surface area contributed by atoms with Gasteiger partial charge in [-0.3, -0.25) is 0 Å². The fourth-order valence-corrected chi connectivity index (χ4v) is 2.24. The molecule has 1 saturated heterocycles. The van der Waals surface area contributed by atoms with E-state index in [1.165, 1.54) is 12.3 Å². The van der Waals surface area contributed by atoms with Gasteiger partial charge >= 0.3 is 0 Å². The SMILES string of the molecule is OC[C@H]1O[C@@H](O[C@@H]2C=CO[C@H](CO)[C@H]2O)[C@H](O)[C@@H](O)[C@H]1O. The lowest BCUT2D eigenvalue weighted by atomic mass is 9.99. The molecule has 2 heterocycles. The van der Waals surface area contributed by atoms with Crippen LogP contribution < -0.4 is 0 Å². The molecule has 122 valence electrons. The average molecular weight is 308 g/mol. The van der Waals surface area contributed by atoms with Crippen molar-refractivity contribution in [3.05, 3.63) is 12.3 Å². The first-order valence-corrected chi connectivity index (χ1v) is 6.56. The van der Waals surface area contributed by atoms with Gasteiger partial charge in [-0.25, -0.2) is 0 Å². The van der Waals surface area contributed by atoms with E-state index in [9.17, 15) is 20.4 Å². The molecule has 0 radical (unpaired) electrons. The molecule has 0 amide bonds. The molecule has 0 aromatic rings. The predicted octanol–water partition coefficient (Wildman–Crippen LogP) is -3.56. The van der Waals surface area contributed by atoms with Gasteiger partial charge in [-0.1, -0.05) is 0 Å². The first-order valence-electron chi connectivity index (χ1n) is 6.56. The molecule has 8 atom stereocenters. The summed E-state index contributed by atoms with van der Waals surface area (Å²) >= 11 is 0. The molecule has 6 N–H and O–H groups in total. The van der Waals surface area contributed by atoms with Crippen LogP contribution in [-0.2, 0) is 14.2 Å². The second kappa shape index (κ2) is 6.99. The summed E-state index contributed by atoms with van der Waals surface area (Å²) in [5.41, 5.74) is 0. The van der Waals surface area contributed by atoms with Crippen LogP contribution >= 0.6 is 0 Å². The van der Waals surface area contributed by atoms with Crippen LogP contribution in [0.3, 0.4) is 0 Å². The summed E-state index contributed by atoms with van der Waals surface area (Å²) in [5, 5.41) is 57.2. The number of hydrogen-bond donors (Lipinski definition) is 6. The molecule has 9 nitrogen and oxygen atoms in total. The molecule has 2 aliphatic heterocycles. The summed E-state index contributed by atoms with van der Waals surface area (Å²) in [7, 11) is 0. The minimum absolute atomic E-state index is 0.431. The number of rotatable bonds is 4. The van der Waals surface area contributed by atoms with E-state index in [0.29, 0.717) is 0 Å². The Morgan fingerprint density at radius 3 is 2.14 bits per heavy atom. The van der Waals surface area contributed by atoms with Crippen LogP contribution in [0.4, 0.5) is 0 Å². The van der Waals surface area contributed by atoms with Crippen molar-refractivity contribution in [2.75, 3.05) is 13.2 Å². The molecule has 0 bridgehead atoms. The third kappa shape index (κ3) is 3.35. The summed E-state index contributed by atoms with van der Waals surface area (Å²) in [6, 6.07) is 0. The van der Waals surface area contributed by atoms with E-state index in [0.717, 1.165) is 0 Å². The molecular weight excluding hydrogens is 288 g/mol. The fraction of sp³-hybridized carbons (Fsp3) is 0.833. The van der Waals surface area contributed by atoms with Gasteiger partial charge in [-0.05, 0) is 6.08 Å². The standard InChI is InChI=1S/C12H20O9/c13-3-6-8(15)5(1-2-19-6)20-12-11(18)10(17)9(16)7(4-14)21-12/h1-2,5-18H,3-4H2/t5-,6-,7-,8+,9+,10+,11-,12-/m1/s1. The second-order valence-corrected chi connectivity index (χ2v) is 4.97. The van der Waals surface area contributed by atoms with Gasteiger partial charge in [0.05, 0.1) is 19.5 Å². The van der Waals surface area contributed by atoms with Crippen LogP contribution in [0.25, 0.3) is 0 Å². The Kier molecular flexibility index (Phi) is 5.52. The van der Waals surface area contributed by atoms with Gasteiger partial charge in [-0.2, -0.15) is 0 Å². The number of hydrogen-bond acceptors (Lipinski definition) is 9. The summed E-state index contributed by atoms with van der Waals surface area (Å²) < 4.78 is 15.5. The van der Waals surface area contributed by atoms with Gasteiger partial charge in [-0.15, -0.1) is 0 Å². The lowest BCUT2D eigenvalue weighted by molar-refractivity contribution is -0.315. The molecule has 2 aliphatic rings. The van der Waals surface area contributed by atoms with Gasteiger partial charge in [0.15, 0.2) is 6.29 Å². The van der Waals surface area contributed by atoms with Crippen molar-refractivity contribution in [2.24, 2.45) is 0 Å². The van der Waals surface area contributed by atoms with Crippen molar-refractivity contribution in [1.29, 1.82) is 0 Å². The molecule has 2 rings (SSSR count). The van der Waals surface area contributed by atoms with E-state index in [4.69, 9.17) is 24.4 Å². The van der Waals surface area contributed by atoms with Crippen molar-refractivity contribution in [3.63, 3.8) is 0 Å². The van der Waals surface area contributed by atoms with Crippen LogP contribution in [-0.4, -0.2) is 92.9 Å². The highest BCUT2D eigenvalue weighted by Gasteiger charge is 2.46. The van der Waals surface area contributed by atoms with Crippen LogP contribution in [0.15, 0.2) is 12.3 Å². The molecule has 9 heteroatoms. The minimum Gasteiger partial charge on any atom is -0.493 e. The fourth-order valence-electron chi connectivity index (χ4n) is 2.24. The van der Waals surface area contributed by atoms with E-state index < -0.39 is 62.2 Å². The molecule has 0 unspecified atom stereocenters. The first kappa shape index (κ1) is 16.6. The summed E-state index contributed by atoms with van der Waals surface area (Å²) in [5.74, 6) is 0. The van der Waals surface area contributed by atoms with Crippen molar-refractivity contribution >= 4 is 0 Å². The maximum absolute atomic E-state index is 9.93. The highest BCUT2D eigenvalue weighted by atomic mass is 16.7. The summed E-state index contributed by atoms with van der Waals surface area (Å²) in [6.45, 7) is -1.00. The summed E-state index contributed by atoms with van der Waals surface area (Å²) in [4.78, 5) is 0. The van der Waals surface area contributed by atoms with Crippen LogP contribution in [0.5, 0.6) is 0 Å². The molecule has 0 saturated carbocycles. The minimum atomic E-state index is -1.56. The van der Waals surface area contributed by atoms with Crippen LogP contribution in [0, 0.1) is 0 Å². The zero-order chi connectivity index (χ0) is 15.6. The normalized spacial score (nSPS) is 47.1. The Labute approximate surface area is 120 Å². The number of aliphatic hydroxyl groups is 6. The van der Waals surface area contributed by atoms with Gasteiger partial charge < -0.3 is 44.8 Å². The molecule has 0 aliphatic carbocycles. The van der Waals surface area contributed by atoms with E-state index >= 15 is 0 Å². The summed E-state index contributed by atoms with van der Waals surface area (Å²) in [6.07, 6.45) is -7.49. The lowest BCUT2D eigenvalue weighted by Gasteiger charge is -2.41. The van der Waals surface area contributed by atoms with Crippen molar-refractivity contribution in [3.8, 4) is 0 Å². The molecule has 1 fully saturated rings. The Hall–Kier alpha value is -0.780. The van der Waals surface area contributed by atoms with Gasteiger partial charge in [0.1, 0.15) is 42.7 Å². The van der Waals surface area contributed by atoms with Gasteiger partial charge in [0.2, 0.25) is 0 Å². The number of ether oxygens (including phenoxy) is 3. The first-order chi connectivity index (χ1) is 9.99. The third-order valence-corrected chi connectivity index (χ3v) is 3.56. The van der Waals surface area contributed by atoms with E-state index in [-0.39, 0.29) is 0 Å². The van der Waals surface area contributed by atoms with Gasteiger partial charge in [0.25, 0.3) is 0 Å². The monoisotopic (exact) mass is 308 g/mol. The molecular formula is C12H20O9. The maximum atomic E-state index is 9.93. The zero-order valence-electron chi connectivity index (χ0n) is 11.1. The van der Waals surface area contributed by atoms with E-state index in [2.05, 4.69) is 0 Å². The number of aliphatic hydroxyl groups excluding tert-OH is 6. The molecule has 0 spiro atoms. The van der Waals surface area contributed by atoms with Crippen molar-refractivity contribution in [2.45, 2.75) is 49.0 Å². The Morgan fingerprint density at radius 2 is 1.52 bits per heavy atom. The Bertz CT molecular complexity index is 361. The topological polar surface area (TPSA) is 149 Å². The van der Waals surface area contributed by atoms with E-state index in [1.54, 1.807) is 0 Å². The van der Waals surface area contributed by atoms with Gasteiger partial charge in [0, 0.05) is 0 Å². The zero-order valence-corrected chi connectivity index (χ0v) is 11.1. The van der Waals surface area contributed by atoms with Crippen LogP contribution in [0.2, 0.25) is 0 Å². The molecule has 0 aromatic heterocycles. The maximum Gasteiger partial charge on any atom is 0.187 e. The Morgan fingerprint density at radius 1 is 0.857 bits per heavy atom. The van der Waals surface area contributed by atoms with Crippen molar-refractivity contribution in [1.82, 2.24) is 0 Å². The highest BCUT2D eigenvalue weighted by molar-refractivity contribution is 4.99. The average Bonchev–Trinajstić information content (AvgIpc) is 2.49. The lowest BCUT2D eigenvalue weighted by Crippen LogP contribution is -2.60. The van der Waals surface area contributed by atoms with Crippen molar-refractivity contribution < 1.29 is 44.8 Å². The second-order valence-electron chi connectivity index (χ2n) is 4.97. The smallest absolute Gasteiger partial charge is 0.187 e. The quantitative estimate of drug-likeness (QED) is 0.310. The van der Waals surface area contributed by atoms with Crippen LogP contribution in [0.1, 0.15) is 0 Å². The predicted molar refractivity (Wildman–Crippen MR) is 65.7 cm³/mol. The highest BCUT2D eigenvalue weighted by Crippen LogP contribution is 2.25. The largest absolute Gasteiger partial charge is 0.493 e. The molecule has 21 heavy (non-hydrogen) atoms. The molecule has 0 aromatic carbocycles.